The zero-order valence-corrected chi connectivity index (χ0v) is 15.8. The van der Waals surface area contributed by atoms with Crippen LogP contribution in [0.15, 0.2) is 47.7 Å². The largest absolute Gasteiger partial charge is 0.356 e. The molecule has 0 saturated carbocycles. The second kappa shape index (κ2) is 10.2. The molecule has 0 unspecified atom stereocenters. The number of nitrogens with zero attached hydrogens (tertiary/aromatic N) is 4. The number of aromatic nitrogens is 2. The van der Waals surface area contributed by atoms with Crippen LogP contribution in [0.3, 0.4) is 0 Å². The molecule has 1 N–H and O–H groups in total. The van der Waals surface area contributed by atoms with Crippen LogP contribution in [0.4, 0.5) is 4.39 Å². The van der Waals surface area contributed by atoms with Crippen LogP contribution in [0.1, 0.15) is 12.0 Å². The zero-order chi connectivity index (χ0) is 15.8. The lowest BCUT2D eigenvalue weighted by Gasteiger charge is -2.22. The molecule has 0 aliphatic heterocycles. The molecule has 0 aliphatic carbocycles. The van der Waals surface area contributed by atoms with E-state index >= 15 is 0 Å². The zero-order valence-electron chi connectivity index (χ0n) is 13.4. The van der Waals surface area contributed by atoms with E-state index in [-0.39, 0.29) is 29.8 Å². The van der Waals surface area contributed by atoms with Gasteiger partial charge in [0.05, 0.1) is 0 Å². The minimum atomic E-state index is -0.215. The van der Waals surface area contributed by atoms with E-state index in [9.17, 15) is 4.39 Å². The molecule has 0 radical (unpaired) electrons. The fourth-order valence-corrected chi connectivity index (χ4v) is 2.24. The summed E-state index contributed by atoms with van der Waals surface area (Å²) < 4.78 is 15.1. The van der Waals surface area contributed by atoms with Crippen LogP contribution in [-0.2, 0) is 13.1 Å². The Labute approximate surface area is 153 Å². The smallest absolute Gasteiger partial charge is 0.193 e. The molecule has 23 heavy (non-hydrogen) atoms. The van der Waals surface area contributed by atoms with Gasteiger partial charge in [0, 0.05) is 46.1 Å². The van der Waals surface area contributed by atoms with Gasteiger partial charge in [-0.1, -0.05) is 12.1 Å². The molecular weight excluding hydrogens is 408 g/mol. The second-order valence-corrected chi connectivity index (χ2v) is 5.08. The van der Waals surface area contributed by atoms with Gasteiger partial charge >= 0.3 is 0 Å². The molecule has 1 aromatic heterocycles. The Bertz CT molecular complexity index is 600. The molecule has 5 nitrogen and oxygen atoms in total. The molecule has 1 aromatic carbocycles. The summed E-state index contributed by atoms with van der Waals surface area (Å²) in [7, 11) is 3.69. The van der Waals surface area contributed by atoms with Crippen LogP contribution in [-0.4, -0.2) is 41.3 Å². The topological polar surface area (TPSA) is 45.5 Å². The Morgan fingerprint density at radius 3 is 2.87 bits per heavy atom. The van der Waals surface area contributed by atoms with Crippen LogP contribution < -0.4 is 5.32 Å². The van der Waals surface area contributed by atoms with Gasteiger partial charge in [-0.3, -0.25) is 9.67 Å². The van der Waals surface area contributed by atoms with Gasteiger partial charge in [-0.2, -0.15) is 5.10 Å². The van der Waals surface area contributed by atoms with Crippen molar-refractivity contribution in [1.29, 1.82) is 0 Å². The number of hydrogen-bond donors (Lipinski definition) is 1. The highest BCUT2D eigenvalue weighted by Gasteiger charge is 2.06. The van der Waals surface area contributed by atoms with Crippen LogP contribution in [0.2, 0.25) is 0 Å². The Kier molecular flexibility index (Phi) is 8.60. The van der Waals surface area contributed by atoms with Crippen molar-refractivity contribution in [3.05, 3.63) is 54.1 Å². The highest BCUT2D eigenvalue weighted by molar-refractivity contribution is 14.0. The molecule has 126 valence electrons. The van der Waals surface area contributed by atoms with Crippen molar-refractivity contribution in [2.45, 2.75) is 19.5 Å². The summed E-state index contributed by atoms with van der Waals surface area (Å²) >= 11 is 0. The Hall–Kier alpha value is -1.64. The lowest BCUT2D eigenvalue weighted by molar-refractivity contribution is 0.469. The minimum absolute atomic E-state index is 0. The number of nitrogens with one attached hydrogen (secondary N) is 1. The molecular formula is C16H23FIN5. The first-order valence-electron chi connectivity index (χ1n) is 7.32. The molecule has 0 fully saturated rings. The highest BCUT2D eigenvalue weighted by Crippen LogP contribution is 2.06. The third-order valence-corrected chi connectivity index (χ3v) is 3.29. The van der Waals surface area contributed by atoms with E-state index in [1.807, 2.05) is 35.0 Å². The quantitative estimate of drug-likeness (QED) is 0.331. The van der Waals surface area contributed by atoms with Gasteiger partial charge in [0.2, 0.25) is 0 Å². The van der Waals surface area contributed by atoms with Crippen molar-refractivity contribution in [3.8, 4) is 0 Å². The van der Waals surface area contributed by atoms with Crippen LogP contribution in [0.5, 0.6) is 0 Å². The van der Waals surface area contributed by atoms with Gasteiger partial charge in [0.25, 0.3) is 0 Å². The van der Waals surface area contributed by atoms with Crippen molar-refractivity contribution in [2.24, 2.45) is 4.99 Å². The van der Waals surface area contributed by atoms with Crippen LogP contribution >= 0.6 is 24.0 Å². The van der Waals surface area contributed by atoms with Crippen LogP contribution in [0.25, 0.3) is 0 Å². The lowest BCUT2D eigenvalue weighted by atomic mass is 10.2. The van der Waals surface area contributed by atoms with E-state index in [2.05, 4.69) is 15.4 Å². The van der Waals surface area contributed by atoms with Crippen molar-refractivity contribution in [3.63, 3.8) is 0 Å². The Balaban J connectivity index is 0.00000264. The maximum absolute atomic E-state index is 13.2. The molecule has 0 atom stereocenters. The lowest BCUT2D eigenvalue weighted by Crippen LogP contribution is -2.39. The van der Waals surface area contributed by atoms with Gasteiger partial charge in [0.1, 0.15) is 5.82 Å². The maximum Gasteiger partial charge on any atom is 0.193 e. The predicted octanol–water partition coefficient (Wildman–Crippen LogP) is 2.74. The van der Waals surface area contributed by atoms with Gasteiger partial charge in [0.15, 0.2) is 5.96 Å². The maximum atomic E-state index is 13.2. The summed E-state index contributed by atoms with van der Waals surface area (Å²) in [6.07, 6.45) is 4.68. The van der Waals surface area contributed by atoms with Crippen molar-refractivity contribution in [2.75, 3.05) is 20.6 Å². The van der Waals surface area contributed by atoms with E-state index in [1.54, 1.807) is 25.4 Å². The Morgan fingerprint density at radius 1 is 1.39 bits per heavy atom. The van der Waals surface area contributed by atoms with Crippen molar-refractivity contribution < 1.29 is 4.39 Å². The summed E-state index contributed by atoms with van der Waals surface area (Å²) in [4.78, 5) is 6.23. The molecule has 7 heteroatoms. The average Bonchev–Trinajstić information content (AvgIpc) is 3.00. The van der Waals surface area contributed by atoms with Gasteiger partial charge in [-0.15, -0.1) is 24.0 Å². The summed E-state index contributed by atoms with van der Waals surface area (Å²) in [5.41, 5.74) is 0.919. The molecule has 0 saturated heterocycles. The first-order chi connectivity index (χ1) is 10.7. The number of hydrogen-bond acceptors (Lipinski definition) is 2. The van der Waals surface area contributed by atoms with Crippen LogP contribution in [0, 0.1) is 5.82 Å². The Morgan fingerprint density at radius 2 is 2.22 bits per heavy atom. The first-order valence-corrected chi connectivity index (χ1v) is 7.32. The summed E-state index contributed by atoms with van der Waals surface area (Å²) in [6, 6.07) is 8.54. The predicted molar refractivity (Wildman–Crippen MR) is 101 cm³/mol. The van der Waals surface area contributed by atoms with E-state index in [4.69, 9.17) is 0 Å². The number of benzene rings is 1. The minimum Gasteiger partial charge on any atom is -0.356 e. The molecule has 1 heterocycles. The van der Waals surface area contributed by atoms with Crippen molar-refractivity contribution >= 4 is 29.9 Å². The number of aryl methyl sites for hydroxylation is 1. The first kappa shape index (κ1) is 19.4. The standard InChI is InChI=1S/C16H22FN5.HI/c1-18-16(19-8-4-10-22-11-5-9-20-22)21(2)13-14-6-3-7-15(17)12-14;/h3,5-7,9,11-12H,4,8,10,13H2,1-2H3,(H,18,19);1H. The third kappa shape index (κ3) is 6.55. The van der Waals surface area contributed by atoms with Gasteiger partial charge < -0.3 is 10.2 Å². The van der Waals surface area contributed by atoms with E-state index < -0.39 is 0 Å². The fraction of sp³-hybridized carbons (Fsp3) is 0.375. The molecule has 2 rings (SSSR count). The molecule has 0 aliphatic rings. The molecule has 0 amide bonds. The number of halogens is 2. The average molecular weight is 431 g/mol. The van der Waals surface area contributed by atoms with E-state index in [0.717, 1.165) is 31.0 Å². The number of guanidine groups is 1. The van der Waals surface area contributed by atoms with Crippen molar-refractivity contribution in [1.82, 2.24) is 20.0 Å². The third-order valence-electron chi connectivity index (χ3n) is 3.29. The molecule has 0 bridgehead atoms. The number of rotatable bonds is 6. The van der Waals surface area contributed by atoms with Gasteiger partial charge in [-0.05, 0) is 30.2 Å². The summed E-state index contributed by atoms with van der Waals surface area (Å²) in [5, 5.41) is 7.47. The number of aliphatic imine (C=N–C) groups is 1. The summed E-state index contributed by atoms with van der Waals surface area (Å²) in [5.74, 6) is 0.581. The molecule has 2 aromatic rings. The second-order valence-electron chi connectivity index (χ2n) is 5.08. The summed E-state index contributed by atoms with van der Waals surface area (Å²) in [6.45, 7) is 2.28. The van der Waals surface area contributed by atoms with E-state index in [1.165, 1.54) is 6.07 Å². The van der Waals surface area contributed by atoms with E-state index in [0.29, 0.717) is 6.54 Å². The highest BCUT2D eigenvalue weighted by atomic mass is 127. The monoisotopic (exact) mass is 431 g/mol. The SMILES string of the molecule is CN=C(NCCCn1cccn1)N(C)Cc1cccc(F)c1.I. The van der Waals surface area contributed by atoms with Gasteiger partial charge in [-0.25, -0.2) is 4.39 Å². The normalized spacial score (nSPS) is 11.0. The fourth-order valence-electron chi connectivity index (χ4n) is 2.24. The molecule has 0 spiro atoms.